The number of carbonyl (C=O) groups is 2. The Hall–Kier alpha value is -1.80. The second-order valence-corrected chi connectivity index (χ2v) is 14.7. The third-order valence-corrected chi connectivity index (χ3v) is 10.5. The Kier molecular flexibility index (Phi) is 28.7. The van der Waals surface area contributed by atoms with E-state index in [0.29, 0.717) is 26.1 Å². The molecule has 1 aliphatic rings. The minimum atomic E-state index is -0.0637. The highest BCUT2D eigenvalue weighted by Gasteiger charge is 2.24. The molecule has 0 aromatic rings. The normalized spacial score (nSPS) is 23.8. The van der Waals surface area contributed by atoms with Gasteiger partial charge in [0.15, 0.2) is 0 Å². The summed E-state index contributed by atoms with van der Waals surface area (Å²) >= 11 is 0. The maximum absolute atomic E-state index is 12.6. The summed E-state index contributed by atoms with van der Waals surface area (Å²) in [7, 11) is 2.26. The Morgan fingerprint density at radius 3 is 1.46 bits per heavy atom. The minimum absolute atomic E-state index is 0.0637. The van der Waals surface area contributed by atoms with Gasteiger partial charge in [-0.15, -0.1) is 0 Å². The van der Waals surface area contributed by atoms with Gasteiger partial charge in [-0.2, -0.15) is 0 Å². The number of esters is 2. The molecular formula is C43H77NO4. The molecule has 278 valence electrons. The van der Waals surface area contributed by atoms with Crippen molar-refractivity contribution in [2.45, 2.75) is 188 Å². The van der Waals surface area contributed by atoms with Gasteiger partial charge in [-0.05, 0) is 94.9 Å². The van der Waals surface area contributed by atoms with Gasteiger partial charge in [-0.3, -0.25) is 9.59 Å². The second-order valence-electron chi connectivity index (χ2n) is 14.7. The maximum atomic E-state index is 12.6. The number of nitrogens with zero attached hydrogens (tertiary/aromatic N) is 1. The van der Waals surface area contributed by atoms with Gasteiger partial charge in [0.05, 0.1) is 13.2 Å². The standard InChI is InChI=1S/C43H77NO4/c1-6-10-29-39-33-35-47-42(45)31-24-20-16-12-14-18-22-27-38(37-44(5)9-4)28-23-19-15-13-17-21-25-32-43(46)48-36-34-40(30-11-7-2)41(39)26-8-3/h38-40H,3,6-7,9-25,27-37H2,1-2,4-5H3. The topological polar surface area (TPSA) is 55.8 Å². The highest BCUT2D eigenvalue weighted by molar-refractivity contribution is 5.69. The van der Waals surface area contributed by atoms with Crippen LogP contribution in [0.5, 0.6) is 0 Å². The van der Waals surface area contributed by atoms with E-state index in [0.717, 1.165) is 89.5 Å². The summed E-state index contributed by atoms with van der Waals surface area (Å²) in [5.41, 5.74) is 7.57. The lowest BCUT2D eigenvalue weighted by Crippen LogP contribution is -2.25. The summed E-state index contributed by atoms with van der Waals surface area (Å²) in [6, 6.07) is 0. The maximum Gasteiger partial charge on any atom is 0.305 e. The van der Waals surface area contributed by atoms with Crippen LogP contribution in [0.15, 0.2) is 23.6 Å². The SMILES string of the molecule is C=C=C=C1C(CCCC)CCOC(=O)CCCCCCCCCC(CN(C)CC)CCCCCCCCCC(=O)OCCC1CCCC. The Labute approximate surface area is 297 Å². The summed E-state index contributed by atoms with van der Waals surface area (Å²) in [5.74, 6) is 1.23. The molecule has 0 spiro atoms. The third kappa shape index (κ3) is 23.5. The Morgan fingerprint density at radius 1 is 0.646 bits per heavy atom. The van der Waals surface area contributed by atoms with Crippen molar-refractivity contribution in [3.05, 3.63) is 23.6 Å². The van der Waals surface area contributed by atoms with Gasteiger partial charge >= 0.3 is 11.9 Å². The summed E-state index contributed by atoms with van der Waals surface area (Å²) in [6.45, 7) is 13.8. The van der Waals surface area contributed by atoms with Crippen LogP contribution in [0.25, 0.3) is 0 Å². The van der Waals surface area contributed by atoms with Crippen LogP contribution in [0.3, 0.4) is 0 Å². The van der Waals surface area contributed by atoms with E-state index in [1.807, 2.05) is 0 Å². The fraction of sp³-hybridized carbons (Fsp3) is 0.860. The van der Waals surface area contributed by atoms with Crippen molar-refractivity contribution in [3.63, 3.8) is 0 Å². The van der Waals surface area contributed by atoms with E-state index in [2.05, 4.69) is 50.8 Å². The molecule has 1 rings (SSSR count). The number of rotatable bonds is 9. The molecule has 0 aliphatic carbocycles. The highest BCUT2D eigenvalue weighted by atomic mass is 16.5. The third-order valence-electron chi connectivity index (χ3n) is 10.5. The molecule has 0 N–H and O–H groups in total. The van der Waals surface area contributed by atoms with Crippen LogP contribution in [0, 0.1) is 17.8 Å². The summed E-state index contributed by atoms with van der Waals surface area (Å²) in [4.78, 5) is 27.7. The van der Waals surface area contributed by atoms with Gasteiger partial charge in [-0.25, -0.2) is 0 Å². The molecule has 0 aromatic carbocycles. The molecule has 1 saturated heterocycles. The summed E-state index contributed by atoms with van der Waals surface area (Å²) in [5, 5.41) is 0. The van der Waals surface area contributed by atoms with Crippen molar-refractivity contribution < 1.29 is 19.1 Å². The van der Waals surface area contributed by atoms with Crippen molar-refractivity contribution in [2.75, 3.05) is 33.4 Å². The average Bonchev–Trinajstić information content (AvgIpc) is 3.08. The molecule has 0 bridgehead atoms. The average molecular weight is 672 g/mol. The van der Waals surface area contributed by atoms with Gasteiger partial charge in [-0.1, -0.05) is 135 Å². The highest BCUT2D eigenvalue weighted by Crippen LogP contribution is 2.33. The molecule has 48 heavy (non-hydrogen) atoms. The zero-order valence-electron chi connectivity index (χ0n) is 32.2. The molecule has 5 nitrogen and oxygen atoms in total. The molecular weight excluding hydrogens is 594 g/mol. The minimum Gasteiger partial charge on any atom is -0.466 e. The Morgan fingerprint density at radius 2 is 1.06 bits per heavy atom. The van der Waals surface area contributed by atoms with Gasteiger partial charge in [0.1, 0.15) is 0 Å². The number of allylic oxidation sites excluding steroid dienone is 1. The van der Waals surface area contributed by atoms with Crippen LogP contribution < -0.4 is 0 Å². The first-order valence-electron chi connectivity index (χ1n) is 20.6. The largest absolute Gasteiger partial charge is 0.466 e. The molecule has 0 radical (unpaired) electrons. The predicted octanol–water partition coefficient (Wildman–Crippen LogP) is 11.9. The van der Waals surface area contributed by atoms with Gasteiger partial charge in [0.25, 0.3) is 0 Å². The van der Waals surface area contributed by atoms with Crippen LogP contribution in [-0.2, 0) is 19.1 Å². The molecule has 0 saturated carbocycles. The molecule has 5 heteroatoms. The second kappa shape index (κ2) is 31.2. The monoisotopic (exact) mass is 672 g/mol. The first-order valence-corrected chi connectivity index (χ1v) is 20.6. The number of hydrogen-bond donors (Lipinski definition) is 0. The lowest BCUT2D eigenvalue weighted by Gasteiger charge is -2.26. The molecule has 0 amide bonds. The van der Waals surface area contributed by atoms with Crippen molar-refractivity contribution in [1.29, 1.82) is 0 Å². The fourth-order valence-corrected chi connectivity index (χ4v) is 7.29. The number of cyclic esters (lactones) is 2. The van der Waals surface area contributed by atoms with Gasteiger partial charge < -0.3 is 14.4 Å². The first-order chi connectivity index (χ1) is 23.4. The van der Waals surface area contributed by atoms with Crippen molar-refractivity contribution in [1.82, 2.24) is 4.90 Å². The van der Waals surface area contributed by atoms with E-state index in [1.165, 1.54) is 89.2 Å². The van der Waals surface area contributed by atoms with E-state index < -0.39 is 0 Å². The molecule has 1 aliphatic heterocycles. The predicted molar refractivity (Wildman–Crippen MR) is 203 cm³/mol. The molecule has 2 atom stereocenters. The van der Waals surface area contributed by atoms with Crippen LogP contribution >= 0.6 is 0 Å². The summed E-state index contributed by atoms with van der Waals surface area (Å²) < 4.78 is 11.5. The molecule has 1 heterocycles. The number of unbranched alkanes of at least 4 members (excludes halogenated alkanes) is 2. The number of carbonyl (C=O) groups excluding carboxylic acids is 2. The van der Waals surface area contributed by atoms with Crippen LogP contribution in [0.2, 0.25) is 0 Å². The zero-order valence-corrected chi connectivity index (χ0v) is 32.2. The number of hydrogen-bond acceptors (Lipinski definition) is 5. The quantitative estimate of drug-likeness (QED) is 0.180. The molecule has 0 aromatic heterocycles. The van der Waals surface area contributed by atoms with E-state index in [-0.39, 0.29) is 23.8 Å². The van der Waals surface area contributed by atoms with E-state index in [9.17, 15) is 9.59 Å². The zero-order chi connectivity index (χ0) is 35.1. The Bertz CT molecular complexity index is 833. The van der Waals surface area contributed by atoms with Crippen LogP contribution in [0.1, 0.15) is 188 Å². The van der Waals surface area contributed by atoms with E-state index >= 15 is 0 Å². The van der Waals surface area contributed by atoms with Crippen molar-refractivity contribution in [3.8, 4) is 0 Å². The smallest absolute Gasteiger partial charge is 0.305 e. The summed E-state index contributed by atoms with van der Waals surface area (Å²) in [6.07, 6.45) is 28.9. The fourth-order valence-electron chi connectivity index (χ4n) is 7.29. The van der Waals surface area contributed by atoms with Crippen molar-refractivity contribution >= 4 is 11.9 Å². The lowest BCUT2D eigenvalue weighted by atomic mass is 9.79. The van der Waals surface area contributed by atoms with Crippen LogP contribution in [0.4, 0.5) is 0 Å². The van der Waals surface area contributed by atoms with Gasteiger partial charge in [0, 0.05) is 19.4 Å². The number of ether oxygens (including phenoxy) is 2. The molecule has 2 unspecified atom stereocenters. The van der Waals surface area contributed by atoms with Gasteiger partial charge in [0.2, 0.25) is 0 Å². The van der Waals surface area contributed by atoms with Crippen LogP contribution in [-0.4, -0.2) is 50.2 Å². The first kappa shape index (κ1) is 44.2. The van der Waals surface area contributed by atoms with E-state index in [1.54, 1.807) is 0 Å². The van der Waals surface area contributed by atoms with E-state index in [4.69, 9.17) is 9.47 Å². The molecule has 1 fully saturated rings. The Balaban J connectivity index is 2.81. The van der Waals surface area contributed by atoms with Crippen molar-refractivity contribution in [2.24, 2.45) is 17.8 Å². The lowest BCUT2D eigenvalue weighted by molar-refractivity contribution is -0.144.